The highest BCUT2D eigenvalue weighted by Crippen LogP contribution is 2.19. The fraction of sp³-hybridized carbons (Fsp3) is 0.250. The Bertz CT molecular complexity index is 854. The molecule has 0 bridgehead atoms. The van der Waals surface area contributed by atoms with E-state index in [1.165, 1.54) is 0 Å². The minimum absolute atomic E-state index is 0.0878. The number of esters is 1. The van der Waals surface area contributed by atoms with Crippen LogP contribution in [0.1, 0.15) is 28.8 Å². The smallest absolute Gasteiger partial charge is 0.306 e. The number of halogens is 2. The van der Waals surface area contributed by atoms with Crippen LogP contribution in [0.5, 0.6) is 0 Å². The molecule has 6 nitrogen and oxygen atoms in total. The molecule has 2 aromatic carbocycles. The van der Waals surface area contributed by atoms with Gasteiger partial charge in [0.25, 0.3) is 11.8 Å². The summed E-state index contributed by atoms with van der Waals surface area (Å²) in [6, 6.07) is 11.6. The van der Waals surface area contributed by atoms with Crippen molar-refractivity contribution in [3.8, 4) is 0 Å². The Labute approximate surface area is 173 Å². The Morgan fingerprint density at radius 2 is 1.75 bits per heavy atom. The largest absolute Gasteiger partial charge is 0.456 e. The molecule has 2 rings (SSSR count). The average molecular weight is 423 g/mol. The summed E-state index contributed by atoms with van der Waals surface area (Å²) in [6.07, 6.45) is 0.484. The van der Waals surface area contributed by atoms with Gasteiger partial charge in [0.15, 0.2) is 6.61 Å². The molecule has 0 fully saturated rings. The van der Waals surface area contributed by atoms with E-state index in [2.05, 4.69) is 10.6 Å². The van der Waals surface area contributed by atoms with Crippen LogP contribution in [0.15, 0.2) is 42.5 Å². The zero-order chi connectivity index (χ0) is 20.5. The first-order valence-electron chi connectivity index (χ1n) is 8.60. The van der Waals surface area contributed by atoms with Crippen molar-refractivity contribution in [2.75, 3.05) is 18.5 Å². The lowest BCUT2D eigenvalue weighted by atomic mass is 10.2. The molecule has 0 heterocycles. The first kappa shape index (κ1) is 21.7. The number of anilines is 1. The molecule has 148 valence electrons. The highest BCUT2D eigenvalue weighted by Gasteiger charge is 2.09. The fourth-order valence-electron chi connectivity index (χ4n) is 2.22. The van der Waals surface area contributed by atoms with E-state index in [9.17, 15) is 14.4 Å². The summed E-state index contributed by atoms with van der Waals surface area (Å²) >= 11 is 11.8. The zero-order valence-electron chi connectivity index (χ0n) is 15.3. The van der Waals surface area contributed by atoms with E-state index < -0.39 is 11.9 Å². The van der Waals surface area contributed by atoms with Crippen LogP contribution in [0.25, 0.3) is 0 Å². The number of amides is 2. The van der Waals surface area contributed by atoms with Gasteiger partial charge < -0.3 is 15.4 Å². The van der Waals surface area contributed by atoms with Crippen LogP contribution < -0.4 is 10.6 Å². The average Bonchev–Trinajstić information content (AvgIpc) is 2.67. The van der Waals surface area contributed by atoms with Crippen molar-refractivity contribution < 1.29 is 19.1 Å². The number of ether oxygens (including phenoxy) is 1. The van der Waals surface area contributed by atoms with E-state index >= 15 is 0 Å². The van der Waals surface area contributed by atoms with Gasteiger partial charge in [-0.15, -0.1) is 0 Å². The molecule has 2 amide bonds. The summed E-state index contributed by atoms with van der Waals surface area (Å²) < 4.78 is 4.92. The summed E-state index contributed by atoms with van der Waals surface area (Å²) in [6.45, 7) is 1.78. The summed E-state index contributed by atoms with van der Waals surface area (Å²) in [5.74, 6) is -1.22. The second-order valence-corrected chi connectivity index (χ2v) is 6.88. The molecular formula is C20H20Cl2N2O4. The summed E-state index contributed by atoms with van der Waals surface area (Å²) in [4.78, 5) is 35.4. The molecule has 0 aliphatic rings. The lowest BCUT2D eigenvalue weighted by Gasteiger charge is -2.08. The molecule has 0 aliphatic carbocycles. The molecule has 0 unspecified atom stereocenters. The Morgan fingerprint density at radius 1 is 1.04 bits per heavy atom. The van der Waals surface area contributed by atoms with E-state index in [0.29, 0.717) is 34.3 Å². The van der Waals surface area contributed by atoms with Gasteiger partial charge in [0.05, 0.1) is 0 Å². The molecule has 0 aromatic heterocycles. The number of nitrogens with one attached hydrogen (secondary N) is 2. The molecule has 2 aromatic rings. The quantitative estimate of drug-likeness (QED) is 0.497. The standard InChI is InChI=1S/C20H20Cl2N2O4/c1-13-4-9-16(11-17(13)22)24-18(25)12-28-19(26)3-2-10-23-20(27)14-5-7-15(21)8-6-14/h4-9,11H,2-3,10,12H2,1H3,(H,23,27)(H,24,25). The van der Waals surface area contributed by atoms with Crippen molar-refractivity contribution >= 4 is 46.7 Å². The first-order valence-corrected chi connectivity index (χ1v) is 9.36. The van der Waals surface area contributed by atoms with Gasteiger partial charge in [-0.05, 0) is 55.3 Å². The SMILES string of the molecule is Cc1ccc(NC(=O)COC(=O)CCCNC(=O)c2ccc(Cl)cc2)cc1Cl. The third-order valence-corrected chi connectivity index (χ3v) is 4.43. The number of aryl methyl sites for hydroxylation is 1. The van der Waals surface area contributed by atoms with Crippen molar-refractivity contribution in [1.82, 2.24) is 5.32 Å². The second kappa shape index (κ2) is 10.7. The summed E-state index contributed by atoms with van der Waals surface area (Å²) in [7, 11) is 0. The van der Waals surface area contributed by atoms with Crippen molar-refractivity contribution in [3.05, 3.63) is 63.6 Å². The normalized spacial score (nSPS) is 10.2. The summed E-state index contributed by atoms with van der Waals surface area (Å²) in [5, 5.41) is 6.39. The first-order chi connectivity index (χ1) is 13.3. The number of hydrogen-bond acceptors (Lipinski definition) is 4. The fourth-order valence-corrected chi connectivity index (χ4v) is 2.53. The highest BCUT2D eigenvalue weighted by molar-refractivity contribution is 6.31. The molecule has 2 N–H and O–H groups in total. The van der Waals surface area contributed by atoms with Crippen LogP contribution in [0.2, 0.25) is 10.0 Å². The van der Waals surface area contributed by atoms with E-state index in [0.717, 1.165) is 5.56 Å². The Balaban J connectivity index is 1.62. The topological polar surface area (TPSA) is 84.5 Å². The van der Waals surface area contributed by atoms with Gasteiger partial charge in [-0.3, -0.25) is 14.4 Å². The third kappa shape index (κ3) is 7.21. The Morgan fingerprint density at radius 3 is 2.43 bits per heavy atom. The number of hydrogen-bond donors (Lipinski definition) is 2. The summed E-state index contributed by atoms with van der Waals surface area (Å²) in [5.41, 5.74) is 1.91. The lowest BCUT2D eigenvalue weighted by molar-refractivity contribution is -0.147. The molecular weight excluding hydrogens is 403 g/mol. The molecule has 0 spiro atoms. The van der Waals surface area contributed by atoms with Crippen molar-refractivity contribution in [1.29, 1.82) is 0 Å². The monoisotopic (exact) mass is 422 g/mol. The predicted octanol–water partition coefficient (Wildman–Crippen LogP) is 3.99. The van der Waals surface area contributed by atoms with Crippen LogP contribution in [0.4, 0.5) is 5.69 Å². The van der Waals surface area contributed by atoms with Crippen LogP contribution in [0, 0.1) is 6.92 Å². The van der Waals surface area contributed by atoms with Crippen LogP contribution >= 0.6 is 23.2 Å². The minimum Gasteiger partial charge on any atom is -0.456 e. The molecule has 0 saturated carbocycles. The molecule has 0 radical (unpaired) electrons. The number of carbonyl (C=O) groups is 3. The van der Waals surface area contributed by atoms with Crippen LogP contribution in [0.3, 0.4) is 0 Å². The lowest BCUT2D eigenvalue weighted by Crippen LogP contribution is -2.25. The van der Waals surface area contributed by atoms with E-state index in [4.69, 9.17) is 27.9 Å². The molecule has 8 heteroatoms. The number of rotatable bonds is 8. The molecule has 28 heavy (non-hydrogen) atoms. The Hall–Kier alpha value is -2.57. The molecule has 0 atom stereocenters. The van der Waals surface area contributed by atoms with Gasteiger partial charge in [0.1, 0.15) is 0 Å². The number of benzene rings is 2. The van der Waals surface area contributed by atoms with E-state index in [1.54, 1.807) is 42.5 Å². The van der Waals surface area contributed by atoms with E-state index in [1.807, 2.05) is 6.92 Å². The van der Waals surface area contributed by atoms with Crippen molar-refractivity contribution in [2.45, 2.75) is 19.8 Å². The van der Waals surface area contributed by atoms with Crippen LogP contribution in [-0.2, 0) is 14.3 Å². The van der Waals surface area contributed by atoms with Gasteiger partial charge in [-0.2, -0.15) is 0 Å². The maximum absolute atomic E-state index is 11.9. The van der Waals surface area contributed by atoms with Gasteiger partial charge in [0.2, 0.25) is 0 Å². The van der Waals surface area contributed by atoms with Gasteiger partial charge in [0, 0.05) is 34.3 Å². The van der Waals surface area contributed by atoms with Gasteiger partial charge in [-0.25, -0.2) is 0 Å². The van der Waals surface area contributed by atoms with Crippen molar-refractivity contribution in [2.24, 2.45) is 0 Å². The maximum atomic E-state index is 11.9. The third-order valence-electron chi connectivity index (χ3n) is 3.77. The van der Waals surface area contributed by atoms with E-state index in [-0.39, 0.29) is 18.9 Å². The second-order valence-electron chi connectivity index (χ2n) is 6.04. The highest BCUT2D eigenvalue weighted by atomic mass is 35.5. The molecule has 0 aliphatic heterocycles. The zero-order valence-corrected chi connectivity index (χ0v) is 16.8. The maximum Gasteiger partial charge on any atom is 0.306 e. The van der Waals surface area contributed by atoms with Gasteiger partial charge >= 0.3 is 5.97 Å². The van der Waals surface area contributed by atoms with Gasteiger partial charge in [-0.1, -0.05) is 29.3 Å². The Kier molecular flexibility index (Phi) is 8.29. The minimum atomic E-state index is -0.516. The van der Waals surface area contributed by atoms with Crippen LogP contribution in [-0.4, -0.2) is 30.9 Å². The number of carbonyl (C=O) groups excluding carboxylic acids is 3. The predicted molar refractivity (Wildman–Crippen MR) is 109 cm³/mol. The molecule has 0 saturated heterocycles. The van der Waals surface area contributed by atoms with Crippen molar-refractivity contribution in [3.63, 3.8) is 0 Å².